The van der Waals surface area contributed by atoms with E-state index in [9.17, 15) is 0 Å². The highest BCUT2D eigenvalue weighted by Gasteiger charge is 2.38. The highest BCUT2D eigenvalue weighted by molar-refractivity contribution is 7.99. The van der Waals surface area contributed by atoms with Gasteiger partial charge in [-0.2, -0.15) is 0 Å². The fourth-order valence-electron chi connectivity index (χ4n) is 4.12. The summed E-state index contributed by atoms with van der Waals surface area (Å²) in [6.45, 7) is 20.5. The maximum absolute atomic E-state index is 6.28. The van der Waals surface area contributed by atoms with Crippen LogP contribution in [-0.4, -0.2) is 36.7 Å². The standard InChI is InChI=1S/C29H41N3OSSi2/c1-29(2,3)36(7,8)32-21-25(24-16-12-13-17-26(24)32)27-20-30-28(34-23-14-10-9-11-15-23)31(27)22-33-18-19-35(4,5)6/h9-17,20-21H,18-19,22H2,1-8H3. The Kier molecular flexibility index (Phi) is 7.77. The molecule has 4 nitrogen and oxygen atoms in total. The Bertz CT molecular complexity index is 1310. The van der Waals surface area contributed by atoms with Gasteiger partial charge in [-0.3, -0.25) is 4.57 Å². The topological polar surface area (TPSA) is 32.0 Å². The SMILES string of the molecule is CC(C)(C)[Si](C)(C)n1cc(-c2cnc(Sc3ccccc3)n2COCC[Si](C)(C)C)c2ccccc21. The van der Waals surface area contributed by atoms with Crippen molar-refractivity contribution >= 4 is 39.0 Å². The smallest absolute Gasteiger partial charge is 0.175 e. The summed E-state index contributed by atoms with van der Waals surface area (Å²) in [5.74, 6) is 0. The lowest BCUT2D eigenvalue weighted by atomic mass is 10.1. The molecule has 2 aromatic heterocycles. The molecule has 0 bridgehead atoms. The van der Waals surface area contributed by atoms with Crippen molar-refractivity contribution in [3.63, 3.8) is 0 Å². The van der Waals surface area contributed by atoms with Crippen molar-refractivity contribution in [3.05, 3.63) is 67.0 Å². The molecule has 4 aromatic rings. The average Bonchev–Trinajstić information content (AvgIpc) is 3.37. The first-order chi connectivity index (χ1) is 16.9. The molecule has 0 aliphatic rings. The van der Waals surface area contributed by atoms with Crippen LogP contribution < -0.4 is 0 Å². The molecule has 0 saturated carbocycles. The van der Waals surface area contributed by atoms with E-state index in [0.717, 1.165) is 23.5 Å². The molecular formula is C29H41N3OSSi2. The summed E-state index contributed by atoms with van der Waals surface area (Å²) in [7, 11) is -2.98. The highest BCUT2D eigenvalue weighted by atomic mass is 32.2. The third kappa shape index (κ3) is 5.74. The van der Waals surface area contributed by atoms with Crippen LogP contribution in [0, 0.1) is 0 Å². The van der Waals surface area contributed by atoms with E-state index >= 15 is 0 Å². The molecule has 36 heavy (non-hydrogen) atoms. The summed E-state index contributed by atoms with van der Waals surface area (Å²) in [5, 5.41) is 2.47. The van der Waals surface area contributed by atoms with E-state index in [0.29, 0.717) is 6.73 Å². The first-order valence-corrected chi connectivity index (χ1v) is 20.3. The van der Waals surface area contributed by atoms with Crippen LogP contribution in [0.1, 0.15) is 20.8 Å². The minimum absolute atomic E-state index is 0.223. The van der Waals surface area contributed by atoms with Crippen molar-refractivity contribution < 1.29 is 4.74 Å². The summed E-state index contributed by atoms with van der Waals surface area (Å²) < 4.78 is 11.1. The molecule has 0 spiro atoms. The molecule has 2 heterocycles. The minimum Gasteiger partial charge on any atom is -0.373 e. The summed E-state index contributed by atoms with van der Waals surface area (Å²) in [6, 6.07) is 20.5. The zero-order valence-corrected chi connectivity index (χ0v) is 25.9. The zero-order valence-electron chi connectivity index (χ0n) is 23.1. The summed E-state index contributed by atoms with van der Waals surface area (Å²) >= 11 is 1.70. The molecule has 0 unspecified atom stereocenters. The Hall–Kier alpha value is -2.07. The van der Waals surface area contributed by atoms with E-state index in [1.165, 1.54) is 21.4 Å². The molecule has 0 saturated heterocycles. The van der Waals surface area contributed by atoms with Gasteiger partial charge in [-0.25, -0.2) is 4.98 Å². The van der Waals surface area contributed by atoms with Crippen LogP contribution in [0.3, 0.4) is 0 Å². The Morgan fingerprint density at radius 1 is 0.917 bits per heavy atom. The Morgan fingerprint density at radius 2 is 1.58 bits per heavy atom. The maximum atomic E-state index is 6.28. The van der Waals surface area contributed by atoms with Gasteiger partial charge in [0.1, 0.15) is 6.73 Å². The van der Waals surface area contributed by atoms with Crippen molar-refractivity contribution in [3.8, 4) is 11.3 Å². The van der Waals surface area contributed by atoms with Gasteiger partial charge < -0.3 is 8.97 Å². The van der Waals surface area contributed by atoms with E-state index in [1.54, 1.807) is 11.8 Å². The predicted molar refractivity (Wildman–Crippen MR) is 160 cm³/mol. The highest BCUT2D eigenvalue weighted by Crippen LogP contribution is 2.42. The molecule has 0 atom stereocenters. The lowest BCUT2D eigenvalue weighted by Crippen LogP contribution is -2.44. The largest absolute Gasteiger partial charge is 0.373 e. The summed E-state index contributed by atoms with van der Waals surface area (Å²) in [5.41, 5.74) is 3.66. The number of imidazole rings is 1. The molecule has 0 radical (unpaired) electrons. The van der Waals surface area contributed by atoms with E-state index in [-0.39, 0.29) is 5.04 Å². The Labute approximate surface area is 223 Å². The average molecular weight is 536 g/mol. The number of hydrogen-bond donors (Lipinski definition) is 0. The van der Waals surface area contributed by atoms with Crippen LogP contribution in [0.4, 0.5) is 0 Å². The van der Waals surface area contributed by atoms with E-state index < -0.39 is 16.3 Å². The Morgan fingerprint density at radius 3 is 2.25 bits per heavy atom. The second-order valence-electron chi connectivity index (χ2n) is 12.4. The van der Waals surface area contributed by atoms with Gasteiger partial charge >= 0.3 is 0 Å². The van der Waals surface area contributed by atoms with Crippen molar-refractivity contribution in [2.45, 2.75) is 81.4 Å². The molecule has 192 valence electrons. The van der Waals surface area contributed by atoms with Crippen molar-refractivity contribution in [2.24, 2.45) is 0 Å². The number of fused-ring (bicyclic) bond motifs is 1. The van der Waals surface area contributed by atoms with Crippen molar-refractivity contribution in [2.75, 3.05) is 6.61 Å². The van der Waals surface area contributed by atoms with Crippen LogP contribution >= 0.6 is 11.8 Å². The van der Waals surface area contributed by atoms with Gasteiger partial charge in [-0.15, -0.1) is 0 Å². The molecule has 0 aliphatic heterocycles. The molecule has 0 amide bonds. The molecule has 4 rings (SSSR count). The number of nitrogens with zero attached hydrogens (tertiary/aromatic N) is 3. The van der Waals surface area contributed by atoms with Gasteiger partial charge in [0.05, 0.1) is 11.9 Å². The van der Waals surface area contributed by atoms with Gasteiger partial charge in [0.15, 0.2) is 13.4 Å². The van der Waals surface area contributed by atoms with Crippen LogP contribution in [-0.2, 0) is 11.5 Å². The van der Waals surface area contributed by atoms with E-state index in [4.69, 9.17) is 9.72 Å². The number of hydrogen-bond acceptors (Lipinski definition) is 3. The number of aromatic nitrogens is 3. The molecule has 0 aliphatic carbocycles. The molecule has 7 heteroatoms. The molecule has 0 N–H and O–H groups in total. The van der Waals surface area contributed by atoms with Gasteiger partial charge in [-0.05, 0) is 29.3 Å². The number of benzene rings is 2. The van der Waals surface area contributed by atoms with Crippen LogP contribution in [0.25, 0.3) is 22.2 Å². The minimum atomic E-state index is -1.83. The van der Waals surface area contributed by atoms with Gasteiger partial charge in [0, 0.05) is 42.2 Å². The number of ether oxygens (including phenoxy) is 1. The second-order valence-corrected chi connectivity index (χ2v) is 24.1. The fraction of sp³-hybridized carbons (Fsp3) is 0.414. The van der Waals surface area contributed by atoms with Crippen LogP contribution in [0.5, 0.6) is 0 Å². The van der Waals surface area contributed by atoms with Crippen LogP contribution in [0.2, 0.25) is 43.8 Å². The second kappa shape index (κ2) is 10.4. The molecular weight excluding hydrogens is 495 g/mol. The third-order valence-electron chi connectivity index (χ3n) is 7.41. The fourth-order valence-corrected chi connectivity index (χ4v) is 7.71. The quantitative estimate of drug-likeness (QED) is 0.158. The first-order valence-electron chi connectivity index (χ1n) is 12.9. The van der Waals surface area contributed by atoms with E-state index in [2.05, 4.69) is 123 Å². The number of para-hydroxylation sites is 1. The Balaban J connectivity index is 1.79. The van der Waals surface area contributed by atoms with E-state index in [1.807, 2.05) is 6.20 Å². The summed E-state index contributed by atoms with van der Waals surface area (Å²) in [6.07, 6.45) is 4.42. The molecule has 2 aromatic carbocycles. The van der Waals surface area contributed by atoms with Gasteiger partial charge in [0.2, 0.25) is 0 Å². The summed E-state index contributed by atoms with van der Waals surface area (Å²) in [4.78, 5) is 6.08. The zero-order chi connectivity index (χ0) is 26.1. The van der Waals surface area contributed by atoms with Crippen LogP contribution in [0.15, 0.2) is 77.0 Å². The monoisotopic (exact) mass is 535 g/mol. The van der Waals surface area contributed by atoms with Gasteiger partial charge in [-0.1, -0.05) is 102 Å². The normalized spacial score (nSPS) is 13.0. The lowest BCUT2D eigenvalue weighted by Gasteiger charge is -2.38. The maximum Gasteiger partial charge on any atom is 0.175 e. The first kappa shape index (κ1) is 27.0. The molecule has 0 fully saturated rings. The van der Waals surface area contributed by atoms with Gasteiger partial charge in [0.25, 0.3) is 0 Å². The third-order valence-corrected chi connectivity index (χ3v) is 15.4. The van der Waals surface area contributed by atoms with Crippen molar-refractivity contribution in [1.82, 2.24) is 13.8 Å². The lowest BCUT2D eigenvalue weighted by molar-refractivity contribution is 0.0825. The van der Waals surface area contributed by atoms with Crippen molar-refractivity contribution in [1.29, 1.82) is 0 Å². The predicted octanol–water partition coefficient (Wildman–Crippen LogP) is 8.82. The number of rotatable bonds is 9.